The first-order chi connectivity index (χ1) is 16.4. The molecule has 0 unspecified atom stereocenters. The van der Waals surface area contributed by atoms with Crippen molar-refractivity contribution in [1.82, 2.24) is 0 Å². The number of nitrogens with zero attached hydrogens (tertiary/aromatic N) is 1. The van der Waals surface area contributed by atoms with Gasteiger partial charge in [-0.1, -0.05) is 44.2 Å². The minimum Gasteiger partial charge on any atom is -0.457 e. The molecule has 1 aliphatic rings. The highest BCUT2D eigenvalue weighted by molar-refractivity contribution is 6.04. The van der Waals surface area contributed by atoms with E-state index >= 15 is 0 Å². The highest BCUT2D eigenvalue weighted by atomic mass is 16.5. The van der Waals surface area contributed by atoms with Crippen LogP contribution >= 0.6 is 0 Å². The molecule has 5 heteroatoms. The average molecular weight is 457 g/mol. The van der Waals surface area contributed by atoms with E-state index in [1.54, 1.807) is 0 Å². The van der Waals surface area contributed by atoms with E-state index in [1.807, 2.05) is 54.3 Å². The van der Waals surface area contributed by atoms with Crippen LogP contribution in [0.3, 0.4) is 0 Å². The molecule has 1 saturated heterocycles. The number of benzene rings is 3. The molecule has 3 aromatic rings. The van der Waals surface area contributed by atoms with Crippen molar-refractivity contribution in [1.29, 1.82) is 0 Å². The molecule has 1 heterocycles. The summed E-state index contributed by atoms with van der Waals surface area (Å²) in [6.07, 6.45) is 1.92. The molecule has 1 fully saturated rings. The summed E-state index contributed by atoms with van der Waals surface area (Å²) in [7, 11) is 0. The van der Waals surface area contributed by atoms with E-state index in [-0.39, 0.29) is 24.2 Å². The van der Waals surface area contributed by atoms with Crippen molar-refractivity contribution in [2.45, 2.75) is 47.0 Å². The molecule has 1 aliphatic heterocycles. The second-order valence-electron chi connectivity index (χ2n) is 8.85. The Bertz CT molecular complexity index is 1180. The van der Waals surface area contributed by atoms with Crippen LogP contribution < -0.4 is 15.0 Å². The van der Waals surface area contributed by atoms with Crippen molar-refractivity contribution in [2.24, 2.45) is 5.92 Å². The lowest BCUT2D eigenvalue weighted by Gasteiger charge is -2.23. The summed E-state index contributed by atoms with van der Waals surface area (Å²) in [6.45, 7) is 8.68. The van der Waals surface area contributed by atoms with Crippen molar-refractivity contribution in [3.8, 4) is 11.5 Å². The molecule has 0 radical (unpaired) electrons. The lowest BCUT2D eigenvalue weighted by atomic mass is 10.0. The van der Waals surface area contributed by atoms with Crippen LogP contribution in [-0.2, 0) is 22.4 Å². The van der Waals surface area contributed by atoms with Gasteiger partial charge in [-0.2, -0.15) is 0 Å². The van der Waals surface area contributed by atoms with Crippen LogP contribution in [0.15, 0.2) is 60.7 Å². The van der Waals surface area contributed by atoms with E-state index in [0.717, 1.165) is 41.0 Å². The Morgan fingerprint density at radius 2 is 1.62 bits per heavy atom. The van der Waals surface area contributed by atoms with Crippen LogP contribution in [0.25, 0.3) is 0 Å². The Balaban J connectivity index is 1.43. The summed E-state index contributed by atoms with van der Waals surface area (Å²) in [4.78, 5) is 27.7. The maximum atomic E-state index is 13.0. The molecule has 0 saturated carbocycles. The Morgan fingerprint density at radius 3 is 2.26 bits per heavy atom. The predicted molar refractivity (Wildman–Crippen MR) is 137 cm³/mol. The first-order valence-electron chi connectivity index (χ1n) is 12.0. The largest absolute Gasteiger partial charge is 0.457 e. The van der Waals surface area contributed by atoms with Gasteiger partial charge in [0.15, 0.2) is 0 Å². The standard InChI is InChI=1S/C29H32N2O3/c1-5-21-10-8-11-22(6-2)28(21)31-18-23(17-27(31)32)29(33)30-24-13-15-25(16-14-24)34-26-12-7-9-19(3)20(26)4/h7-16,23H,5-6,17-18H2,1-4H3,(H,30,33)/t23-/m1/s1. The van der Waals surface area contributed by atoms with Gasteiger partial charge in [-0.15, -0.1) is 0 Å². The molecule has 34 heavy (non-hydrogen) atoms. The van der Waals surface area contributed by atoms with E-state index in [0.29, 0.717) is 18.0 Å². The maximum absolute atomic E-state index is 13.0. The molecule has 3 aromatic carbocycles. The van der Waals surface area contributed by atoms with Crippen LogP contribution in [0.2, 0.25) is 0 Å². The van der Waals surface area contributed by atoms with Gasteiger partial charge in [0.25, 0.3) is 0 Å². The normalized spacial score (nSPS) is 15.5. The Labute approximate surface area is 201 Å². The second kappa shape index (κ2) is 10.1. The predicted octanol–water partition coefficient (Wildman–Crippen LogP) is 6.21. The molecular formula is C29H32N2O3. The van der Waals surface area contributed by atoms with E-state index in [4.69, 9.17) is 4.74 Å². The quantitative estimate of drug-likeness (QED) is 0.460. The number of anilines is 2. The summed E-state index contributed by atoms with van der Waals surface area (Å²) >= 11 is 0. The van der Waals surface area contributed by atoms with Gasteiger partial charge >= 0.3 is 0 Å². The molecule has 1 N–H and O–H groups in total. The number of hydrogen-bond acceptors (Lipinski definition) is 3. The highest BCUT2D eigenvalue weighted by Crippen LogP contribution is 2.33. The number of aryl methyl sites for hydroxylation is 3. The minimum absolute atomic E-state index is 0.00743. The third-order valence-electron chi connectivity index (χ3n) is 6.64. The number of rotatable bonds is 7. The fourth-order valence-corrected chi connectivity index (χ4v) is 4.47. The van der Waals surface area contributed by atoms with Crippen LogP contribution in [0.5, 0.6) is 11.5 Å². The van der Waals surface area contributed by atoms with E-state index < -0.39 is 0 Å². The summed E-state index contributed by atoms with van der Waals surface area (Å²) in [5.41, 5.74) is 6.25. The van der Waals surface area contributed by atoms with Gasteiger partial charge in [0.1, 0.15) is 11.5 Å². The zero-order valence-corrected chi connectivity index (χ0v) is 20.4. The molecule has 176 valence electrons. The molecule has 0 aromatic heterocycles. The minimum atomic E-state index is -0.381. The average Bonchev–Trinajstić information content (AvgIpc) is 3.23. The second-order valence-corrected chi connectivity index (χ2v) is 8.85. The molecule has 0 aliphatic carbocycles. The molecule has 0 spiro atoms. The number of para-hydroxylation sites is 1. The number of carbonyl (C=O) groups excluding carboxylic acids is 2. The van der Waals surface area contributed by atoms with Gasteiger partial charge in [-0.25, -0.2) is 0 Å². The smallest absolute Gasteiger partial charge is 0.229 e. The first-order valence-corrected chi connectivity index (χ1v) is 12.0. The maximum Gasteiger partial charge on any atom is 0.229 e. The number of carbonyl (C=O) groups is 2. The van der Waals surface area contributed by atoms with Gasteiger partial charge in [-0.3, -0.25) is 9.59 Å². The van der Waals surface area contributed by atoms with Gasteiger partial charge < -0.3 is 15.0 Å². The monoisotopic (exact) mass is 456 g/mol. The Kier molecular flexibility index (Phi) is 7.01. The molecule has 0 bridgehead atoms. The highest BCUT2D eigenvalue weighted by Gasteiger charge is 2.36. The fraction of sp³-hybridized carbons (Fsp3) is 0.310. The summed E-state index contributed by atoms with van der Waals surface area (Å²) in [5, 5.41) is 2.97. The fourth-order valence-electron chi connectivity index (χ4n) is 4.47. The first kappa shape index (κ1) is 23.6. The van der Waals surface area contributed by atoms with Crippen molar-refractivity contribution in [2.75, 3.05) is 16.8 Å². The molecule has 5 nitrogen and oxygen atoms in total. The molecule has 1 atom stereocenters. The van der Waals surface area contributed by atoms with Crippen molar-refractivity contribution >= 4 is 23.2 Å². The summed E-state index contributed by atoms with van der Waals surface area (Å²) in [6, 6.07) is 19.5. The number of amides is 2. The summed E-state index contributed by atoms with van der Waals surface area (Å²) in [5.74, 6) is 1.02. The lowest BCUT2D eigenvalue weighted by Crippen LogP contribution is -2.29. The van der Waals surface area contributed by atoms with Gasteiger partial charge in [-0.05, 0) is 79.3 Å². The van der Waals surface area contributed by atoms with Gasteiger partial charge in [0.05, 0.1) is 5.92 Å². The van der Waals surface area contributed by atoms with E-state index in [1.165, 1.54) is 5.56 Å². The lowest BCUT2D eigenvalue weighted by molar-refractivity contribution is -0.122. The third kappa shape index (κ3) is 4.84. The number of nitrogens with one attached hydrogen (secondary N) is 1. The van der Waals surface area contributed by atoms with Crippen LogP contribution in [-0.4, -0.2) is 18.4 Å². The number of ether oxygens (including phenoxy) is 1. The SMILES string of the molecule is CCc1cccc(CC)c1N1C[C@H](C(=O)Nc2ccc(Oc3cccc(C)c3C)cc2)CC1=O. The zero-order valence-electron chi connectivity index (χ0n) is 20.4. The summed E-state index contributed by atoms with van der Waals surface area (Å²) < 4.78 is 6.01. The van der Waals surface area contributed by atoms with Crippen molar-refractivity contribution in [3.05, 3.63) is 82.9 Å². The van der Waals surface area contributed by atoms with Gasteiger partial charge in [0.2, 0.25) is 11.8 Å². The van der Waals surface area contributed by atoms with Crippen LogP contribution in [0, 0.1) is 19.8 Å². The van der Waals surface area contributed by atoms with Crippen molar-refractivity contribution < 1.29 is 14.3 Å². The molecule has 4 rings (SSSR count). The van der Waals surface area contributed by atoms with Gasteiger partial charge in [0, 0.05) is 24.3 Å². The van der Waals surface area contributed by atoms with Crippen molar-refractivity contribution in [3.63, 3.8) is 0 Å². The Morgan fingerprint density at radius 1 is 0.971 bits per heavy atom. The Hall–Kier alpha value is -3.60. The van der Waals surface area contributed by atoms with Crippen LogP contribution in [0.4, 0.5) is 11.4 Å². The van der Waals surface area contributed by atoms with E-state index in [9.17, 15) is 9.59 Å². The topological polar surface area (TPSA) is 58.6 Å². The van der Waals surface area contributed by atoms with Crippen LogP contribution in [0.1, 0.15) is 42.5 Å². The zero-order chi connectivity index (χ0) is 24.2. The van der Waals surface area contributed by atoms with E-state index in [2.05, 4.69) is 44.3 Å². The molecule has 2 amide bonds. The third-order valence-corrected chi connectivity index (χ3v) is 6.64. The number of hydrogen-bond donors (Lipinski definition) is 1. The molecular weight excluding hydrogens is 424 g/mol.